The summed E-state index contributed by atoms with van der Waals surface area (Å²) in [6, 6.07) is 11.4. The predicted octanol–water partition coefficient (Wildman–Crippen LogP) is 1.40. The molecule has 1 spiro atoms. The average Bonchev–Trinajstić information content (AvgIpc) is 3.26. The Morgan fingerprint density at radius 3 is 2.50 bits per heavy atom. The van der Waals surface area contributed by atoms with E-state index in [1.807, 2.05) is 0 Å². The number of hydrogen-bond donors (Lipinski definition) is 1. The van der Waals surface area contributed by atoms with E-state index in [1.54, 1.807) is 0 Å². The number of likely N-dealkylation sites (tertiary alicyclic amines) is 1. The van der Waals surface area contributed by atoms with Crippen LogP contribution in [0.3, 0.4) is 0 Å². The molecule has 0 bridgehead atoms. The lowest BCUT2D eigenvalue weighted by atomic mass is 9.83. The topological polar surface area (TPSA) is 30.0 Å². The Labute approximate surface area is 145 Å². The van der Waals surface area contributed by atoms with Crippen molar-refractivity contribution in [1.29, 1.82) is 0 Å². The molecular weight excluding hydrogens is 298 g/mol. The molecule has 4 heteroatoms. The van der Waals surface area contributed by atoms with Crippen molar-refractivity contribution in [3.8, 4) is 0 Å². The molecule has 24 heavy (non-hydrogen) atoms. The number of aliphatic hydroxyl groups excluding tert-OH is 1. The molecule has 4 nitrogen and oxygen atoms in total. The van der Waals surface area contributed by atoms with Crippen LogP contribution in [-0.2, 0) is 6.54 Å². The fourth-order valence-corrected chi connectivity index (χ4v) is 5.34. The summed E-state index contributed by atoms with van der Waals surface area (Å²) in [4.78, 5) is 7.97. The fourth-order valence-electron chi connectivity index (χ4n) is 5.34. The van der Waals surface area contributed by atoms with Gasteiger partial charge in [-0.15, -0.1) is 0 Å². The van der Waals surface area contributed by atoms with Crippen LogP contribution in [0.25, 0.3) is 0 Å². The van der Waals surface area contributed by atoms with Gasteiger partial charge in [0.05, 0.1) is 11.6 Å². The van der Waals surface area contributed by atoms with Gasteiger partial charge in [-0.05, 0) is 30.7 Å². The minimum absolute atomic E-state index is 0.124. The standard InChI is InChI=1S/C20H29N3O/c24-19-8-18-11-21(9-16-4-2-1-3-5-16)13-20(23(18)12-19)14-22(15-20)10-17-6-7-17/h1-5,17-19,24H,6-15H2/t18-,19+/m0/s1. The molecule has 4 aliphatic rings. The first kappa shape index (κ1) is 15.3. The van der Waals surface area contributed by atoms with Crippen LogP contribution < -0.4 is 0 Å². The summed E-state index contributed by atoms with van der Waals surface area (Å²) in [5.74, 6) is 0.978. The molecule has 1 saturated carbocycles. The van der Waals surface area contributed by atoms with Crippen molar-refractivity contribution in [2.75, 3.05) is 39.3 Å². The molecule has 3 heterocycles. The van der Waals surface area contributed by atoms with E-state index in [0.29, 0.717) is 11.6 Å². The number of piperazine rings is 1. The maximum Gasteiger partial charge on any atom is 0.0682 e. The lowest BCUT2D eigenvalue weighted by Gasteiger charge is -2.61. The molecule has 5 rings (SSSR count). The predicted molar refractivity (Wildman–Crippen MR) is 94.7 cm³/mol. The highest BCUT2D eigenvalue weighted by atomic mass is 16.3. The zero-order valence-electron chi connectivity index (χ0n) is 14.5. The van der Waals surface area contributed by atoms with Crippen LogP contribution in [0.1, 0.15) is 24.8 Å². The Hall–Kier alpha value is -0.940. The summed E-state index contributed by atoms with van der Waals surface area (Å²) in [6.45, 7) is 7.92. The second-order valence-corrected chi connectivity index (χ2v) is 8.69. The van der Waals surface area contributed by atoms with E-state index in [0.717, 1.165) is 38.5 Å². The van der Waals surface area contributed by atoms with Crippen molar-refractivity contribution < 1.29 is 5.11 Å². The van der Waals surface area contributed by atoms with Gasteiger partial charge in [0.2, 0.25) is 0 Å². The molecule has 130 valence electrons. The molecule has 3 saturated heterocycles. The maximum atomic E-state index is 10.2. The maximum absolute atomic E-state index is 10.2. The van der Waals surface area contributed by atoms with E-state index in [-0.39, 0.29) is 6.10 Å². The number of aliphatic hydroxyl groups is 1. The summed E-state index contributed by atoms with van der Waals surface area (Å²) in [6.07, 6.45) is 3.71. The second-order valence-electron chi connectivity index (χ2n) is 8.69. The van der Waals surface area contributed by atoms with E-state index in [9.17, 15) is 5.11 Å². The van der Waals surface area contributed by atoms with Crippen LogP contribution >= 0.6 is 0 Å². The molecule has 0 unspecified atom stereocenters. The molecule has 0 radical (unpaired) electrons. The first-order valence-electron chi connectivity index (χ1n) is 9.64. The molecule has 1 aliphatic carbocycles. The molecule has 1 N–H and O–H groups in total. The highest BCUT2D eigenvalue weighted by Gasteiger charge is 2.56. The van der Waals surface area contributed by atoms with Crippen molar-refractivity contribution in [3.63, 3.8) is 0 Å². The summed E-state index contributed by atoms with van der Waals surface area (Å²) >= 11 is 0. The quantitative estimate of drug-likeness (QED) is 0.905. The molecule has 2 atom stereocenters. The smallest absolute Gasteiger partial charge is 0.0682 e. The zero-order chi connectivity index (χ0) is 16.1. The van der Waals surface area contributed by atoms with Gasteiger partial charge in [0.25, 0.3) is 0 Å². The van der Waals surface area contributed by atoms with Gasteiger partial charge < -0.3 is 5.11 Å². The molecule has 1 aromatic rings. The average molecular weight is 327 g/mol. The third-order valence-corrected chi connectivity index (χ3v) is 6.49. The van der Waals surface area contributed by atoms with Gasteiger partial charge in [0.15, 0.2) is 0 Å². The number of β-amino-alcohol motifs (C(OH)–C–C–N with tert-alkyl or cyclic N) is 1. The number of benzene rings is 1. The number of rotatable bonds is 4. The van der Waals surface area contributed by atoms with Crippen molar-refractivity contribution in [3.05, 3.63) is 35.9 Å². The summed E-state index contributed by atoms with van der Waals surface area (Å²) in [5.41, 5.74) is 1.71. The second kappa shape index (κ2) is 5.80. The van der Waals surface area contributed by atoms with Crippen LogP contribution in [0.15, 0.2) is 30.3 Å². The lowest BCUT2D eigenvalue weighted by Crippen LogP contribution is -2.78. The van der Waals surface area contributed by atoms with Gasteiger partial charge in [-0.25, -0.2) is 0 Å². The van der Waals surface area contributed by atoms with Crippen LogP contribution in [0.4, 0.5) is 0 Å². The molecule has 0 aromatic heterocycles. The Morgan fingerprint density at radius 1 is 1.00 bits per heavy atom. The van der Waals surface area contributed by atoms with Crippen LogP contribution in [0.2, 0.25) is 0 Å². The zero-order valence-corrected chi connectivity index (χ0v) is 14.5. The van der Waals surface area contributed by atoms with Crippen LogP contribution in [0.5, 0.6) is 0 Å². The van der Waals surface area contributed by atoms with Crippen LogP contribution in [0, 0.1) is 5.92 Å². The van der Waals surface area contributed by atoms with Gasteiger partial charge in [-0.3, -0.25) is 14.7 Å². The van der Waals surface area contributed by atoms with Crippen molar-refractivity contribution in [1.82, 2.24) is 14.7 Å². The van der Waals surface area contributed by atoms with Crippen molar-refractivity contribution in [2.24, 2.45) is 5.92 Å². The molecule has 4 fully saturated rings. The summed E-state index contributed by atoms with van der Waals surface area (Å²) in [7, 11) is 0. The number of hydrogen-bond acceptors (Lipinski definition) is 4. The van der Waals surface area contributed by atoms with Crippen molar-refractivity contribution >= 4 is 0 Å². The molecule has 0 amide bonds. The van der Waals surface area contributed by atoms with Gasteiger partial charge >= 0.3 is 0 Å². The van der Waals surface area contributed by atoms with Gasteiger partial charge in [-0.2, -0.15) is 0 Å². The monoisotopic (exact) mass is 327 g/mol. The van der Waals surface area contributed by atoms with Gasteiger partial charge in [0, 0.05) is 51.9 Å². The van der Waals surface area contributed by atoms with E-state index < -0.39 is 0 Å². The van der Waals surface area contributed by atoms with Gasteiger partial charge in [-0.1, -0.05) is 30.3 Å². The highest BCUT2D eigenvalue weighted by molar-refractivity contribution is 5.17. The fraction of sp³-hybridized carbons (Fsp3) is 0.700. The first-order valence-corrected chi connectivity index (χ1v) is 9.64. The minimum Gasteiger partial charge on any atom is -0.392 e. The van der Waals surface area contributed by atoms with E-state index in [1.165, 1.54) is 38.0 Å². The number of fused-ring (bicyclic) bond motifs is 2. The molecular formula is C20H29N3O. The van der Waals surface area contributed by atoms with E-state index >= 15 is 0 Å². The molecule has 3 aliphatic heterocycles. The Bertz CT molecular complexity index is 582. The normalized spacial score (nSPS) is 33.5. The molecule has 1 aromatic carbocycles. The van der Waals surface area contributed by atoms with Crippen LogP contribution in [-0.4, -0.2) is 76.8 Å². The third-order valence-electron chi connectivity index (χ3n) is 6.49. The Balaban J connectivity index is 1.30. The largest absolute Gasteiger partial charge is 0.392 e. The third kappa shape index (κ3) is 2.80. The van der Waals surface area contributed by atoms with Gasteiger partial charge in [0.1, 0.15) is 0 Å². The van der Waals surface area contributed by atoms with E-state index in [4.69, 9.17) is 0 Å². The Morgan fingerprint density at radius 2 is 1.75 bits per heavy atom. The SMILES string of the molecule is O[C@@H]1C[C@H]2CN(Cc3ccccc3)CC3(CN(CC4CC4)C3)N2C1. The minimum atomic E-state index is -0.124. The van der Waals surface area contributed by atoms with E-state index in [2.05, 4.69) is 45.0 Å². The lowest BCUT2D eigenvalue weighted by molar-refractivity contribution is -0.116. The van der Waals surface area contributed by atoms with Crippen molar-refractivity contribution in [2.45, 2.75) is 43.5 Å². The first-order chi connectivity index (χ1) is 11.7. The summed E-state index contributed by atoms with van der Waals surface area (Å²) in [5, 5.41) is 10.2. The number of nitrogens with zero attached hydrogens (tertiary/aromatic N) is 3. The Kier molecular flexibility index (Phi) is 3.71. The highest BCUT2D eigenvalue weighted by Crippen LogP contribution is 2.41. The summed E-state index contributed by atoms with van der Waals surface area (Å²) < 4.78 is 0.